The maximum Gasteiger partial charge on any atom is 0.572 e. The van der Waals surface area contributed by atoms with Crippen LogP contribution in [0.1, 0.15) is 25.0 Å². The molecule has 0 aliphatic heterocycles. The molecule has 2 aromatic rings. The van der Waals surface area contributed by atoms with Crippen molar-refractivity contribution in [2.24, 2.45) is 0 Å². The third-order valence-corrected chi connectivity index (χ3v) is 4.04. The topological polar surface area (TPSA) is 63.4 Å². The highest BCUT2D eigenvalue weighted by Gasteiger charge is 2.30. The van der Waals surface area contributed by atoms with Gasteiger partial charge in [-0.15, -0.1) is 18.3 Å². The van der Waals surface area contributed by atoms with E-state index in [9.17, 15) is 18.3 Å². The molecule has 0 atom stereocenters. The molecule has 0 radical (unpaired) electrons. The van der Waals surface area contributed by atoms with Gasteiger partial charge in [-0.1, -0.05) is 37.4 Å². The van der Waals surface area contributed by atoms with Crippen molar-refractivity contribution in [2.45, 2.75) is 26.8 Å². The Balaban J connectivity index is 2.17. The third-order valence-electron chi connectivity index (χ3n) is 4.04. The minimum atomic E-state index is -4.74. The number of allylic oxidation sites excluding steroid dienone is 5. The predicted octanol–water partition coefficient (Wildman–Crippen LogP) is 5.30. The van der Waals surface area contributed by atoms with Crippen LogP contribution in [0.4, 0.5) is 19.1 Å². The van der Waals surface area contributed by atoms with E-state index in [1.165, 1.54) is 36.2 Å². The van der Waals surface area contributed by atoms with Gasteiger partial charge >= 0.3 is 6.36 Å². The molecule has 0 spiro atoms. The number of rotatable bonds is 9. The Morgan fingerprint density at radius 2 is 1.93 bits per heavy atom. The Hall–Kier alpha value is -3.49. The number of benzene rings is 1. The Bertz CT molecular complexity index is 944. The van der Waals surface area contributed by atoms with Crippen LogP contribution in [0.15, 0.2) is 67.7 Å². The van der Waals surface area contributed by atoms with Gasteiger partial charge in [0.25, 0.3) is 0 Å². The highest BCUT2D eigenvalue weighted by Crippen LogP contribution is 2.21. The zero-order valence-electron chi connectivity index (χ0n) is 16.7. The van der Waals surface area contributed by atoms with Crippen LogP contribution in [0.3, 0.4) is 0 Å². The number of anilines is 1. The van der Waals surface area contributed by atoms with E-state index in [-0.39, 0.29) is 11.5 Å². The molecule has 1 aromatic carbocycles. The molecule has 1 N–H and O–H groups in total. The number of aromatic nitrogens is 3. The first-order valence-corrected chi connectivity index (χ1v) is 9.04. The van der Waals surface area contributed by atoms with Crippen molar-refractivity contribution < 1.29 is 23.0 Å². The molecule has 160 valence electrons. The van der Waals surface area contributed by atoms with Crippen LogP contribution in [-0.4, -0.2) is 32.8 Å². The van der Waals surface area contributed by atoms with Crippen LogP contribution in [0.25, 0.3) is 11.5 Å². The average molecular weight is 420 g/mol. The van der Waals surface area contributed by atoms with Crippen molar-refractivity contribution in [3.05, 3.63) is 78.9 Å². The Labute approximate surface area is 172 Å². The van der Waals surface area contributed by atoms with E-state index in [4.69, 9.17) is 0 Å². The number of aliphatic hydroxyl groups excluding tert-OH is 1. The SMILES string of the molecule is C=C/C(=C\C=C(/C)OC(F)(F)F)n1cnc(N(CC)Cc2ccc(C(=C)O)cc2)n1. The van der Waals surface area contributed by atoms with Crippen LogP contribution in [0.2, 0.25) is 0 Å². The summed E-state index contributed by atoms with van der Waals surface area (Å²) in [6, 6.07) is 7.29. The number of alkyl halides is 3. The van der Waals surface area contributed by atoms with Crippen LogP contribution in [-0.2, 0) is 11.3 Å². The number of halogens is 3. The molecule has 30 heavy (non-hydrogen) atoms. The molecule has 1 heterocycles. The van der Waals surface area contributed by atoms with E-state index in [1.807, 2.05) is 24.0 Å². The van der Waals surface area contributed by atoms with Crippen molar-refractivity contribution in [2.75, 3.05) is 11.4 Å². The average Bonchev–Trinajstić information content (AvgIpc) is 3.15. The normalized spacial score (nSPS) is 12.6. The van der Waals surface area contributed by atoms with Gasteiger partial charge in [0.1, 0.15) is 17.8 Å². The molecule has 2 rings (SSSR count). The summed E-state index contributed by atoms with van der Waals surface area (Å²) in [5.74, 6) is 0.141. The summed E-state index contributed by atoms with van der Waals surface area (Å²) in [5, 5.41) is 13.8. The van der Waals surface area contributed by atoms with E-state index in [1.54, 1.807) is 12.1 Å². The molecule has 0 saturated carbocycles. The molecule has 0 aliphatic rings. The largest absolute Gasteiger partial charge is 0.572 e. The van der Waals surface area contributed by atoms with Gasteiger partial charge in [-0.05, 0) is 37.6 Å². The van der Waals surface area contributed by atoms with Crippen molar-refractivity contribution >= 4 is 17.4 Å². The summed E-state index contributed by atoms with van der Waals surface area (Å²) < 4.78 is 42.0. The molecule has 1 aromatic heterocycles. The van der Waals surface area contributed by atoms with Crippen molar-refractivity contribution in [3.63, 3.8) is 0 Å². The molecule has 0 saturated heterocycles. The lowest BCUT2D eigenvalue weighted by Crippen LogP contribution is -2.23. The van der Waals surface area contributed by atoms with Crippen LogP contribution < -0.4 is 4.90 Å². The van der Waals surface area contributed by atoms with E-state index in [0.29, 0.717) is 30.3 Å². The first-order chi connectivity index (χ1) is 14.1. The molecule has 0 fully saturated rings. The van der Waals surface area contributed by atoms with Gasteiger partial charge in [0.15, 0.2) is 0 Å². The predicted molar refractivity (Wildman–Crippen MR) is 110 cm³/mol. The summed E-state index contributed by atoms with van der Waals surface area (Å²) in [7, 11) is 0. The van der Waals surface area contributed by atoms with Gasteiger partial charge in [-0.3, -0.25) is 0 Å². The van der Waals surface area contributed by atoms with Gasteiger partial charge < -0.3 is 14.7 Å². The molecular weight excluding hydrogens is 397 g/mol. The molecule has 0 unspecified atom stereocenters. The Morgan fingerprint density at radius 1 is 1.27 bits per heavy atom. The lowest BCUT2D eigenvalue weighted by Gasteiger charge is -2.19. The second-order valence-corrected chi connectivity index (χ2v) is 6.27. The van der Waals surface area contributed by atoms with Crippen LogP contribution >= 0.6 is 0 Å². The summed E-state index contributed by atoms with van der Waals surface area (Å²) in [4.78, 5) is 6.21. The van der Waals surface area contributed by atoms with E-state index < -0.39 is 6.36 Å². The van der Waals surface area contributed by atoms with Crippen molar-refractivity contribution in [1.29, 1.82) is 0 Å². The maximum absolute atomic E-state index is 12.3. The minimum Gasteiger partial charge on any atom is -0.508 e. The molecule has 0 aliphatic carbocycles. The molecule has 0 bridgehead atoms. The van der Waals surface area contributed by atoms with E-state index >= 15 is 0 Å². The summed E-state index contributed by atoms with van der Waals surface area (Å²) in [6.07, 6.45) is 0.751. The zero-order chi connectivity index (χ0) is 22.3. The standard InChI is InChI=1S/C21H23F3N4O2/c1-5-19(12-7-15(3)30-21(22,23)24)28-14-25-20(26-28)27(6-2)13-17-8-10-18(11-9-17)16(4)29/h5,7-12,14,29H,1,4,6,13H2,2-3H3/b15-7+,19-12+. The second-order valence-electron chi connectivity index (χ2n) is 6.27. The fourth-order valence-electron chi connectivity index (χ4n) is 2.53. The van der Waals surface area contributed by atoms with Crippen molar-refractivity contribution in [3.8, 4) is 0 Å². The molecule has 6 nitrogen and oxygen atoms in total. The Morgan fingerprint density at radius 3 is 2.47 bits per heavy atom. The monoisotopic (exact) mass is 420 g/mol. The van der Waals surface area contributed by atoms with Gasteiger partial charge in [0.05, 0.1) is 5.70 Å². The van der Waals surface area contributed by atoms with Crippen molar-refractivity contribution in [1.82, 2.24) is 14.8 Å². The van der Waals surface area contributed by atoms with Gasteiger partial charge in [-0.2, -0.15) is 4.98 Å². The quantitative estimate of drug-likeness (QED) is 0.441. The number of hydrogen-bond donors (Lipinski definition) is 1. The lowest BCUT2D eigenvalue weighted by atomic mass is 10.1. The third kappa shape index (κ3) is 6.54. The second kappa shape index (κ2) is 9.82. The lowest BCUT2D eigenvalue weighted by molar-refractivity contribution is -0.305. The smallest absolute Gasteiger partial charge is 0.508 e. The number of hydrogen-bond acceptors (Lipinski definition) is 5. The van der Waals surface area contributed by atoms with Gasteiger partial charge in [-0.25, -0.2) is 4.68 Å². The molecule has 9 heteroatoms. The first-order valence-electron chi connectivity index (χ1n) is 9.04. The fraction of sp³-hybridized carbons (Fsp3) is 0.238. The van der Waals surface area contributed by atoms with E-state index in [0.717, 1.165) is 5.56 Å². The summed E-state index contributed by atoms with van der Waals surface area (Å²) in [5.41, 5.74) is 2.06. The minimum absolute atomic E-state index is 0.00275. The summed E-state index contributed by atoms with van der Waals surface area (Å²) >= 11 is 0. The summed E-state index contributed by atoms with van der Waals surface area (Å²) in [6.45, 7) is 11.5. The molecule has 0 amide bonds. The van der Waals surface area contributed by atoms with Gasteiger partial charge in [0, 0.05) is 18.7 Å². The number of nitrogens with zero attached hydrogens (tertiary/aromatic N) is 4. The molecular formula is C21H23F3N4O2. The Kier molecular flexibility index (Phi) is 7.46. The van der Waals surface area contributed by atoms with Gasteiger partial charge in [0.2, 0.25) is 5.95 Å². The maximum atomic E-state index is 12.3. The first kappa shape index (κ1) is 22.8. The highest BCUT2D eigenvalue weighted by atomic mass is 19.4. The number of aliphatic hydroxyl groups is 1. The highest BCUT2D eigenvalue weighted by molar-refractivity contribution is 5.58. The van der Waals surface area contributed by atoms with Crippen LogP contribution in [0.5, 0.6) is 0 Å². The fourth-order valence-corrected chi connectivity index (χ4v) is 2.53. The van der Waals surface area contributed by atoms with E-state index in [2.05, 4.69) is 28.0 Å². The van der Waals surface area contributed by atoms with Crippen LogP contribution in [0, 0.1) is 0 Å². The number of ether oxygens (including phenoxy) is 1. The zero-order valence-corrected chi connectivity index (χ0v) is 16.7.